The van der Waals surface area contributed by atoms with Crippen LogP contribution >= 0.6 is 0 Å². The Kier molecular flexibility index (Phi) is 4.65. The molecule has 1 aliphatic heterocycles. The molecule has 1 aromatic rings. The molecule has 0 unspecified atom stereocenters. The largest absolute Gasteiger partial charge is 0.366 e. The second-order valence-electron chi connectivity index (χ2n) is 6.41. The summed E-state index contributed by atoms with van der Waals surface area (Å²) in [5, 5.41) is 2.98. The third-order valence-corrected chi connectivity index (χ3v) is 4.81. The number of hydrogen-bond donors (Lipinski definition) is 2. The van der Waals surface area contributed by atoms with Gasteiger partial charge in [-0.25, -0.2) is 4.79 Å². The molecule has 2 aliphatic rings. The van der Waals surface area contributed by atoms with Crippen LogP contribution < -0.4 is 11.1 Å². The number of carbonyl (C=O) groups excluding carboxylic acids is 2. The minimum absolute atomic E-state index is 0.0189. The number of nitrogens with zero attached hydrogens (tertiary/aromatic N) is 1. The van der Waals surface area contributed by atoms with E-state index in [0.717, 1.165) is 31.5 Å². The van der Waals surface area contributed by atoms with Gasteiger partial charge in [0.05, 0.1) is 0 Å². The van der Waals surface area contributed by atoms with Crippen molar-refractivity contribution in [3.8, 4) is 0 Å². The monoisotopic (exact) mass is 313 g/mol. The first kappa shape index (κ1) is 15.6. The van der Waals surface area contributed by atoms with Crippen molar-refractivity contribution in [2.75, 3.05) is 19.6 Å². The van der Waals surface area contributed by atoms with Crippen LogP contribution in [0.4, 0.5) is 4.79 Å². The topological polar surface area (TPSA) is 75.4 Å². The highest BCUT2D eigenvalue weighted by molar-refractivity contribution is 5.92. The van der Waals surface area contributed by atoms with E-state index in [-0.39, 0.29) is 6.03 Å². The highest BCUT2D eigenvalue weighted by Gasteiger charge is 2.34. The van der Waals surface area contributed by atoms with E-state index in [0.29, 0.717) is 30.4 Å². The Balaban J connectivity index is 1.46. The molecule has 2 atom stereocenters. The Labute approximate surface area is 136 Å². The molecule has 3 amide bonds. The number of urea groups is 1. The maximum absolute atomic E-state index is 12.3. The molecule has 0 bridgehead atoms. The van der Waals surface area contributed by atoms with E-state index in [2.05, 4.69) is 17.5 Å². The van der Waals surface area contributed by atoms with E-state index < -0.39 is 5.91 Å². The Hall–Kier alpha value is -2.30. The standard InChI is InChI=1S/C18H23N3O2/c19-17(22)14-7-3-4-13(10-14)8-9-20-18(23)21-11-15-5-1-2-6-16(15)12-21/h1-4,7,10,15-16H,5-6,8-9,11-12H2,(H2,19,22)(H,20,23)/t15-,16-/m0/s1. The predicted octanol–water partition coefficient (Wildman–Crippen LogP) is 1.94. The Bertz CT molecular complexity index is 610. The first-order valence-electron chi connectivity index (χ1n) is 8.20. The van der Waals surface area contributed by atoms with Crippen LogP contribution in [0, 0.1) is 11.8 Å². The lowest BCUT2D eigenvalue weighted by Crippen LogP contribution is -2.39. The van der Waals surface area contributed by atoms with Gasteiger partial charge in [0, 0.05) is 25.2 Å². The quantitative estimate of drug-likeness (QED) is 0.834. The van der Waals surface area contributed by atoms with Crippen LogP contribution in [0.3, 0.4) is 0 Å². The summed E-state index contributed by atoms with van der Waals surface area (Å²) >= 11 is 0. The molecule has 0 spiro atoms. The van der Waals surface area contributed by atoms with E-state index >= 15 is 0 Å². The third kappa shape index (κ3) is 3.73. The molecule has 23 heavy (non-hydrogen) atoms. The van der Waals surface area contributed by atoms with E-state index in [1.807, 2.05) is 17.0 Å². The fourth-order valence-corrected chi connectivity index (χ4v) is 3.49. The van der Waals surface area contributed by atoms with Gasteiger partial charge < -0.3 is 16.0 Å². The molecule has 0 saturated carbocycles. The van der Waals surface area contributed by atoms with E-state index in [1.54, 1.807) is 12.1 Å². The number of benzene rings is 1. The zero-order valence-electron chi connectivity index (χ0n) is 13.2. The first-order valence-corrected chi connectivity index (χ1v) is 8.20. The summed E-state index contributed by atoms with van der Waals surface area (Å²) in [6, 6.07) is 7.25. The SMILES string of the molecule is NC(=O)c1cccc(CCNC(=O)N2C[C@@H]3CC=CC[C@H]3C2)c1. The van der Waals surface area contributed by atoms with Crippen LogP contribution in [-0.2, 0) is 6.42 Å². The number of rotatable bonds is 4. The molecule has 122 valence electrons. The number of primary amides is 1. The van der Waals surface area contributed by atoms with E-state index in [4.69, 9.17) is 5.73 Å². The number of amides is 3. The smallest absolute Gasteiger partial charge is 0.317 e. The van der Waals surface area contributed by atoms with Crippen LogP contribution in [0.2, 0.25) is 0 Å². The molecule has 5 nitrogen and oxygen atoms in total. The van der Waals surface area contributed by atoms with Gasteiger partial charge in [-0.3, -0.25) is 4.79 Å². The summed E-state index contributed by atoms with van der Waals surface area (Å²) < 4.78 is 0. The van der Waals surface area contributed by atoms with Gasteiger partial charge in [0.2, 0.25) is 5.91 Å². The number of nitrogens with two attached hydrogens (primary N) is 1. The molecule has 3 N–H and O–H groups in total. The Morgan fingerprint density at radius 1 is 1.17 bits per heavy atom. The van der Waals surface area contributed by atoms with Crippen molar-refractivity contribution in [3.05, 3.63) is 47.5 Å². The molecule has 1 saturated heterocycles. The fourth-order valence-electron chi connectivity index (χ4n) is 3.49. The summed E-state index contributed by atoms with van der Waals surface area (Å²) in [6.45, 7) is 2.28. The van der Waals surface area contributed by atoms with Gasteiger partial charge in [0.15, 0.2) is 0 Å². The number of likely N-dealkylation sites (tertiary alicyclic amines) is 1. The lowest BCUT2D eigenvalue weighted by Gasteiger charge is -2.17. The summed E-state index contributed by atoms with van der Waals surface area (Å²) in [4.78, 5) is 25.4. The van der Waals surface area contributed by atoms with Crippen molar-refractivity contribution in [3.63, 3.8) is 0 Å². The Morgan fingerprint density at radius 3 is 2.52 bits per heavy atom. The minimum Gasteiger partial charge on any atom is -0.366 e. The number of fused-ring (bicyclic) bond motifs is 1. The van der Waals surface area contributed by atoms with Gasteiger partial charge in [0.25, 0.3) is 0 Å². The molecule has 0 radical (unpaired) electrons. The second-order valence-corrected chi connectivity index (χ2v) is 6.41. The molecule has 1 aromatic carbocycles. The van der Waals surface area contributed by atoms with Crippen LogP contribution in [0.25, 0.3) is 0 Å². The van der Waals surface area contributed by atoms with Crippen LogP contribution in [0.15, 0.2) is 36.4 Å². The van der Waals surface area contributed by atoms with Crippen LogP contribution in [0.5, 0.6) is 0 Å². The maximum atomic E-state index is 12.3. The summed E-state index contributed by atoms with van der Waals surface area (Å²) in [5.74, 6) is 0.820. The van der Waals surface area contributed by atoms with E-state index in [1.165, 1.54) is 0 Å². The summed E-state index contributed by atoms with van der Waals surface area (Å²) in [5.41, 5.74) is 6.78. The predicted molar refractivity (Wildman–Crippen MR) is 89.0 cm³/mol. The fraction of sp³-hybridized carbons (Fsp3) is 0.444. The number of allylic oxidation sites excluding steroid dienone is 2. The molecular formula is C18H23N3O2. The zero-order chi connectivity index (χ0) is 16.2. The summed E-state index contributed by atoms with van der Waals surface area (Å²) in [6.07, 6.45) is 7.33. The number of carbonyl (C=O) groups is 2. The van der Waals surface area contributed by atoms with Crippen molar-refractivity contribution in [1.82, 2.24) is 10.2 Å². The van der Waals surface area contributed by atoms with Crippen LogP contribution in [0.1, 0.15) is 28.8 Å². The molecule has 3 rings (SSSR count). The van der Waals surface area contributed by atoms with Gasteiger partial charge in [-0.2, -0.15) is 0 Å². The number of nitrogens with one attached hydrogen (secondary N) is 1. The van der Waals surface area contributed by atoms with Crippen molar-refractivity contribution in [2.45, 2.75) is 19.3 Å². The molecular weight excluding hydrogens is 290 g/mol. The van der Waals surface area contributed by atoms with Crippen LogP contribution in [-0.4, -0.2) is 36.5 Å². The first-order chi connectivity index (χ1) is 11.1. The number of hydrogen-bond acceptors (Lipinski definition) is 2. The normalized spacial score (nSPS) is 22.7. The molecule has 1 fully saturated rings. The Morgan fingerprint density at radius 2 is 1.87 bits per heavy atom. The van der Waals surface area contributed by atoms with Crippen molar-refractivity contribution in [2.24, 2.45) is 17.6 Å². The highest BCUT2D eigenvalue weighted by Crippen LogP contribution is 2.32. The minimum atomic E-state index is -0.427. The average Bonchev–Trinajstić information content (AvgIpc) is 2.99. The van der Waals surface area contributed by atoms with Gasteiger partial charge in [-0.15, -0.1) is 0 Å². The molecule has 1 heterocycles. The zero-order valence-corrected chi connectivity index (χ0v) is 13.2. The molecule has 5 heteroatoms. The van der Waals surface area contributed by atoms with Gasteiger partial charge in [-0.1, -0.05) is 24.3 Å². The molecule has 1 aliphatic carbocycles. The van der Waals surface area contributed by atoms with E-state index in [9.17, 15) is 9.59 Å². The highest BCUT2D eigenvalue weighted by atomic mass is 16.2. The maximum Gasteiger partial charge on any atom is 0.317 e. The third-order valence-electron chi connectivity index (χ3n) is 4.81. The van der Waals surface area contributed by atoms with Gasteiger partial charge in [0.1, 0.15) is 0 Å². The van der Waals surface area contributed by atoms with Gasteiger partial charge in [-0.05, 0) is 48.8 Å². The average molecular weight is 313 g/mol. The van der Waals surface area contributed by atoms with Crippen molar-refractivity contribution >= 4 is 11.9 Å². The lowest BCUT2D eigenvalue weighted by atomic mass is 9.86. The van der Waals surface area contributed by atoms with Crippen molar-refractivity contribution in [1.29, 1.82) is 0 Å². The van der Waals surface area contributed by atoms with Crippen molar-refractivity contribution < 1.29 is 9.59 Å². The molecule has 0 aromatic heterocycles. The van der Waals surface area contributed by atoms with Gasteiger partial charge >= 0.3 is 6.03 Å². The lowest BCUT2D eigenvalue weighted by molar-refractivity contribution is 0.1000. The summed E-state index contributed by atoms with van der Waals surface area (Å²) in [7, 11) is 0. The second kappa shape index (κ2) is 6.86.